The molecule has 2 aromatic heterocycles. The Bertz CT molecular complexity index is 1680. The molecule has 0 aliphatic heterocycles. The van der Waals surface area contributed by atoms with Crippen LogP contribution in [0.25, 0.3) is 22.3 Å². The maximum Gasteiger partial charge on any atom is 0.289 e. The van der Waals surface area contributed by atoms with Gasteiger partial charge in [0.25, 0.3) is 11.6 Å². The highest BCUT2D eigenvalue weighted by Gasteiger charge is 2.29. The number of nitrogens with one attached hydrogen (secondary N) is 2. The lowest BCUT2D eigenvalue weighted by Gasteiger charge is -2.14. The Balaban J connectivity index is 1.89. The average Bonchev–Trinajstić information content (AvgIpc) is 2.99. The van der Waals surface area contributed by atoms with Crippen LogP contribution >= 0.6 is 21.6 Å². The summed E-state index contributed by atoms with van der Waals surface area (Å²) >= 11 is 0. The van der Waals surface area contributed by atoms with Crippen LogP contribution < -0.4 is 30.9 Å². The number of aromatic amines is 2. The molecule has 0 aliphatic rings. The minimum atomic E-state index is 0.0593. The summed E-state index contributed by atoms with van der Waals surface area (Å²) in [5.41, 5.74) is 14.7. The molecule has 0 aliphatic carbocycles. The fourth-order valence-electron chi connectivity index (χ4n) is 4.14. The van der Waals surface area contributed by atoms with Gasteiger partial charge in [-0.1, -0.05) is 36.4 Å². The molecule has 0 spiro atoms. The van der Waals surface area contributed by atoms with Crippen molar-refractivity contribution in [2.75, 3.05) is 25.7 Å². The molecule has 4 rings (SSSR count). The van der Waals surface area contributed by atoms with E-state index in [-0.39, 0.29) is 33.9 Å². The van der Waals surface area contributed by atoms with Crippen LogP contribution in [0.4, 0.5) is 11.6 Å². The lowest BCUT2D eigenvalue weighted by Crippen LogP contribution is -2.20. The van der Waals surface area contributed by atoms with Gasteiger partial charge in [0.05, 0.1) is 14.2 Å². The molecule has 0 bridgehead atoms. The summed E-state index contributed by atoms with van der Waals surface area (Å²) in [6, 6.07) is 22.5. The van der Waals surface area contributed by atoms with Gasteiger partial charge >= 0.3 is 0 Å². The predicted octanol–water partition coefficient (Wildman–Crippen LogP) is 4.12. The van der Waals surface area contributed by atoms with Crippen molar-refractivity contribution in [3.63, 3.8) is 0 Å². The molecule has 0 unspecified atom stereocenters. The number of nitrogens with zero attached hydrogens (tertiary/aromatic N) is 4. The largest absolute Gasteiger partial charge is 0.496 e. The van der Waals surface area contributed by atoms with E-state index in [9.17, 15) is 21.0 Å². The van der Waals surface area contributed by atoms with E-state index in [1.54, 1.807) is 48.5 Å². The molecule has 0 radical (unpaired) electrons. The van der Waals surface area contributed by atoms with Gasteiger partial charge in [-0.15, -0.1) is 0 Å². The third-order valence-corrected chi connectivity index (χ3v) is 8.18. The second-order valence-corrected chi connectivity index (χ2v) is 10.1. The Morgan fingerprint density at radius 2 is 0.950 bits per heavy atom. The van der Waals surface area contributed by atoms with Crippen LogP contribution in [0.2, 0.25) is 0 Å². The van der Waals surface area contributed by atoms with E-state index in [2.05, 4.69) is 34.2 Å². The van der Waals surface area contributed by atoms with E-state index in [0.29, 0.717) is 43.8 Å². The Kier molecular flexibility index (Phi) is 8.27. The van der Waals surface area contributed by atoms with Crippen molar-refractivity contribution in [3.8, 4) is 58.0 Å². The summed E-state index contributed by atoms with van der Waals surface area (Å²) in [6.45, 7) is 0. The van der Waals surface area contributed by atoms with E-state index in [1.165, 1.54) is 14.2 Å². The highest BCUT2D eigenvalue weighted by atomic mass is 33.1. The second kappa shape index (κ2) is 12.0. The van der Waals surface area contributed by atoms with Gasteiger partial charge < -0.3 is 9.47 Å². The zero-order valence-electron chi connectivity index (χ0n) is 21.2. The van der Waals surface area contributed by atoms with Gasteiger partial charge in [0, 0.05) is 22.3 Å². The van der Waals surface area contributed by atoms with Crippen LogP contribution in [-0.2, 0) is 0 Å². The third-order valence-electron chi connectivity index (χ3n) is 5.90. The molecular weight excluding hydrogens is 544 g/mol. The number of nitrogen functional groups attached to an aromatic ring is 2. The Hall–Kier alpha value is -5.40. The SMILES string of the molecule is COc1ccccc1-c1c(C#N)c(N)[nH+]c(SSc2[nH+]c(N)c(C#N)c(-c3ccccc3OC)c2C#N)c1C#N. The fraction of sp³-hybridized carbons (Fsp3) is 0.0714. The number of aromatic nitrogens is 2. The number of benzene rings is 2. The molecular formula is C28H20N8O2S2+2. The smallest absolute Gasteiger partial charge is 0.289 e. The predicted molar refractivity (Wildman–Crippen MR) is 149 cm³/mol. The summed E-state index contributed by atoms with van der Waals surface area (Å²) < 4.78 is 10.9. The molecule has 2 aromatic carbocycles. The molecule has 0 saturated heterocycles. The average molecular weight is 565 g/mol. The number of para-hydroxylation sites is 2. The summed E-state index contributed by atoms with van der Waals surface area (Å²) in [4.78, 5) is 5.87. The quantitative estimate of drug-likeness (QED) is 0.308. The number of methoxy groups -OCH3 is 2. The van der Waals surface area contributed by atoms with Crippen LogP contribution in [0.5, 0.6) is 11.5 Å². The summed E-state index contributed by atoms with van der Waals surface area (Å²) in [5, 5.41) is 40.8. The maximum absolute atomic E-state index is 10.2. The van der Waals surface area contributed by atoms with E-state index in [4.69, 9.17) is 20.9 Å². The molecule has 0 fully saturated rings. The Morgan fingerprint density at radius 3 is 1.27 bits per heavy atom. The number of H-pyrrole nitrogens is 2. The first kappa shape index (κ1) is 27.6. The van der Waals surface area contributed by atoms with Crippen molar-refractivity contribution in [2.45, 2.75) is 10.1 Å². The van der Waals surface area contributed by atoms with Gasteiger partial charge in [-0.05, 0) is 33.7 Å². The first-order valence-electron chi connectivity index (χ1n) is 11.4. The van der Waals surface area contributed by atoms with Crippen LogP contribution in [0.3, 0.4) is 0 Å². The standard InChI is InChI=1S/C28H18N8O2S2/c1-37-21-9-5-3-7-15(21)23-17(11-29)25(33)35-27(19(23)13-31)39-40-28-20(14-32)24(18(12-30)26(34)36-28)16-8-4-6-10-22(16)38-2/h3-10H,1-2H3,(H2,33,35)(H2,34,36)/p+2. The molecule has 194 valence electrons. The Morgan fingerprint density at radius 1 is 0.600 bits per heavy atom. The second-order valence-electron chi connectivity index (χ2n) is 8.00. The lowest BCUT2D eigenvalue weighted by atomic mass is 9.96. The monoisotopic (exact) mass is 564 g/mol. The molecule has 6 N–H and O–H groups in total. The molecule has 0 atom stereocenters. The van der Waals surface area contributed by atoms with Crippen LogP contribution in [0.15, 0.2) is 58.6 Å². The topological polar surface area (TPSA) is 194 Å². The number of pyridine rings is 2. The number of ether oxygens (including phenoxy) is 2. The maximum atomic E-state index is 10.2. The number of nitriles is 4. The van der Waals surface area contributed by atoms with Crippen molar-refractivity contribution in [2.24, 2.45) is 0 Å². The zero-order chi connectivity index (χ0) is 28.8. The summed E-state index contributed by atoms with van der Waals surface area (Å²) in [5.74, 6) is 1.05. The minimum absolute atomic E-state index is 0.0593. The fourth-order valence-corrected chi connectivity index (χ4v) is 6.32. The van der Waals surface area contributed by atoms with Crippen LogP contribution in [-0.4, -0.2) is 14.2 Å². The van der Waals surface area contributed by atoms with E-state index in [1.807, 2.05) is 0 Å². The number of hydrogen-bond acceptors (Lipinski definition) is 10. The summed E-state index contributed by atoms with van der Waals surface area (Å²) in [6.07, 6.45) is 0. The molecule has 0 saturated carbocycles. The van der Waals surface area contributed by atoms with Crippen LogP contribution in [0.1, 0.15) is 22.3 Å². The number of rotatable bonds is 7. The minimum Gasteiger partial charge on any atom is -0.496 e. The molecule has 4 aromatic rings. The van der Waals surface area contributed by atoms with Gasteiger partial charge in [0.15, 0.2) is 21.2 Å². The van der Waals surface area contributed by atoms with Crippen molar-refractivity contribution in [1.29, 1.82) is 21.0 Å². The van der Waals surface area contributed by atoms with Gasteiger partial charge in [-0.25, -0.2) is 9.97 Å². The van der Waals surface area contributed by atoms with Gasteiger partial charge in [0.2, 0.25) is 0 Å². The molecule has 10 nitrogen and oxygen atoms in total. The van der Waals surface area contributed by atoms with E-state index >= 15 is 0 Å². The lowest BCUT2D eigenvalue weighted by molar-refractivity contribution is -0.411. The zero-order valence-corrected chi connectivity index (χ0v) is 22.8. The van der Waals surface area contributed by atoms with Crippen molar-refractivity contribution >= 4 is 33.2 Å². The highest BCUT2D eigenvalue weighted by molar-refractivity contribution is 8.76. The van der Waals surface area contributed by atoms with Crippen molar-refractivity contribution < 1.29 is 19.4 Å². The van der Waals surface area contributed by atoms with Crippen molar-refractivity contribution in [1.82, 2.24) is 0 Å². The van der Waals surface area contributed by atoms with Gasteiger partial charge in [0.1, 0.15) is 46.9 Å². The van der Waals surface area contributed by atoms with Gasteiger partial charge in [-0.3, -0.25) is 11.5 Å². The number of anilines is 2. The highest BCUT2D eigenvalue weighted by Crippen LogP contribution is 2.45. The number of hydrogen-bond donors (Lipinski definition) is 2. The van der Waals surface area contributed by atoms with E-state index < -0.39 is 0 Å². The first-order valence-corrected chi connectivity index (χ1v) is 13.6. The number of nitrogens with two attached hydrogens (primary N) is 2. The molecule has 12 heteroatoms. The van der Waals surface area contributed by atoms with E-state index in [0.717, 1.165) is 21.6 Å². The molecule has 40 heavy (non-hydrogen) atoms. The third kappa shape index (κ3) is 4.89. The molecule has 2 heterocycles. The molecule has 0 amide bonds. The normalized spacial score (nSPS) is 10.1. The first-order chi connectivity index (χ1) is 19.4. The van der Waals surface area contributed by atoms with Crippen LogP contribution in [0, 0.1) is 45.3 Å². The summed E-state index contributed by atoms with van der Waals surface area (Å²) in [7, 11) is 5.19. The van der Waals surface area contributed by atoms with Gasteiger partial charge in [-0.2, -0.15) is 21.0 Å². The van der Waals surface area contributed by atoms with Crippen molar-refractivity contribution in [3.05, 3.63) is 70.8 Å². The Labute approximate surface area is 237 Å².